The first kappa shape index (κ1) is 14.8. The maximum Gasteiger partial charge on any atom is 0.146 e. The van der Waals surface area contributed by atoms with Crippen LogP contribution in [0, 0.1) is 5.92 Å². The van der Waals surface area contributed by atoms with Crippen molar-refractivity contribution in [1.29, 1.82) is 0 Å². The Morgan fingerprint density at radius 3 is 2.67 bits per heavy atom. The second kappa shape index (κ2) is 6.73. The molecule has 1 saturated heterocycles. The highest BCUT2D eigenvalue weighted by Gasteiger charge is 2.41. The van der Waals surface area contributed by atoms with Gasteiger partial charge in [0.25, 0.3) is 0 Å². The molecule has 3 heteroatoms. The molecule has 0 amide bonds. The molecule has 2 bridgehead atoms. The van der Waals surface area contributed by atoms with Gasteiger partial charge in [0.15, 0.2) is 0 Å². The predicted octanol–water partition coefficient (Wildman–Crippen LogP) is 3.39. The number of hydrogen-bond acceptors (Lipinski definition) is 3. The molecule has 0 radical (unpaired) electrons. The van der Waals surface area contributed by atoms with Crippen LogP contribution >= 0.6 is 0 Å². The predicted molar refractivity (Wildman–Crippen MR) is 84.0 cm³/mol. The first-order valence-electron chi connectivity index (χ1n) is 7.88. The van der Waals surface area contributed by atoms with Gasteiger partial charge in [-0.15, -0.1) is 0 Å². The Bertz CT molecular complexity index is 473. The molecule has 1 aliphatic carbocycles. The summed E-state index contributed by atoms with van der Waals surface area (Å²) in [5, 5.41) is 0. The minimum atomic E-state index is 0.380. The van der Waals surface area contributed by atoms with E-state index in [1.54, 1.807) is 7.11 Å². The van der Waals surface area contributed by atoms with Crippen LogP contribution in [0.5, 0.6) is 0 Å². The molecule has 0 N–H and O–H groups in total. The van der Waals surface area contributed by atoms with Gasteiger partial charge < -0.3 is 9.47 Å². The van der Waals surface area contributed by atoms with E-state index in [1.165, 1.54) is 18.4 Å². The Labute approximate surface area is 127 Å². The zero-order valence-electron chi connectivity index (χ0n) is 12.9. The molecule has 2 heterocycles. The maximum atomic E-state index is 5.69. The minimum absolute atomic E-state index is 0.380. The average molecular weight is 287 g/mol. The van der Waals surface area contributed by atoms with Crippen molar-refractivity contribution < 1.29 is 9.47 Å². The first-order chi connectivity index (χ1) is 10.3. The van der Waals surface area contributed by atoms with E-state index in [0.717, 1.165) is 6.61 Å². The summed E-state index contributed by atoms with van der Waals surface area (Å²) < 4.78 is 10.7. The minimum Gasteiger partial charge on any atom is -0.359 e. The lowest BCUT2D eigenvalue weighted by molar-refractivity contribution is -0.0803. The second-order valence-corrected chi connectivity index (χ2v) is 6.07. The van der Waals surface area contributed by atoms with Gasteiger partial charge in [-0.2, -0.15) is 0 Å². The smallest absolute Gasteiger partial charge is 0.146 e. The number of piperidine rings is 1. The van der Waals surface area contributed by atoms with Gasteiger partial charge in [-0.1, -0.05) is 42.5 Å². The molecule has 0 spiro atoms. The zero-order valence-corrected chi connectivity index (χ0v) is 12.9. The summed E-state index contributed by atoms with van der Waals surface area (Å²) in [6.45, 7) is 3.44. The zero-order chi connectivity index (χ0) is 14.7. The van der Waals surface area contributed by atoms with Crippen LogP contribution in [-0.2, 0) is 9.47 Å². The van der Waals surface area contributed by atoms with E-state index in [1.807, 2.05) is 0 Å². The van der Waals surface area contributed by atoms with Gasteiger partial charge in [-0.25, -0.2) is 0 Å². The van der Waals surface area contributed by atoms with Gasteiger partial charge in [-0.3, -0.25) is 4.90 Å². The van der Waals surface area contributed by atoms with E-state index in [2.05, 4.69) is 54.3 Å². The third-order valence-corrected chi connectivity index (χ3v) is 4.86. The lowest BCUT2D eigenvalue weighted by Crippen LogP contribution is -2.55. The molecule has 3 aliphatic rings. The number of fused-ring (bicyclic) bond motifs is 2. The third kappa shape index (κ3) is 3.05. The molecule has 4 rings (SSSR count). The second-order valence-electron chi connectivity index (χ2n) is 6.07. The van der Waals surface area contributed by atoms with Crippen molar-refractivity contribution in [3.8, 4) is 0 Å². The van der Waals surface area contributed by atoms with Crippen molar-refractivity contribution in [3.05, 3.63) is 48.0 Å². The number of benzene rings is 1. The quantitative estimate of drug-likeness (QED) is 0.455. The van der Waals surface area contributed by atoms with E-state index in [0.29, 0.717) is 30.8 Å². The van der Waals surface area contributed by atoms with Crippen LogP contribution < -0.4 is 0 Å². The fourth-order valence-corrected chi connectivity index (χ4v) is 3.80. The fourth-order valence-electron chi connectivity index (χ4n) is 3.80. The lowest BCUT2D eigenvalue weighted by Gasteiger charge is -2.50. The highest BCUT2D eigenvalue weighted by atomic mass is 16.7. The normalized spacial score (nSPS) is 29.7. The molecule has 2 aliphatic heterocycles. The molecule has 114 valence electrons. The number of rotatable bonds is 6. The van der Waals surface area contributed by atoms with E-state index < -0.39 is 0 Å². The summed E-state index contributed by atoms with van der Waals surface area (Å²) in [4.78, 5) is 2.64. The molecule has 1 fully saturated rings. The number of methoxy groups -OCH3 is 1. The lowest BCUT2D eigenvalue weighted by atomic mass is 9.78. The van der Waals surface area contributed by atoms with E-state index in [4.69, 9.17) is 9.47 Å². The molecule has 4 atom stereocenters. The maximum absolute atomic E-state index is 5.69. The Kier molecular flexibility index (Phi) is 4.73. The molecule has 0 aromatic heterocycles. The summed E-state index contributed by atoms with van der Waals surface area (Å²) >= 11 is 0. The SMILES string of the molecule is COCOC[C@@H]1[C@H]2C=C[C@H](CC2)N1[C@H](C)c1ccccc1. The van der Waals surface area contributed by atoms with Crippen LogP contribution in [0.1, 0.15) is 31.4 Å². The van der Waals surface area contributed by atoms with Crippen LogP contribution in [0.2, 0.25) is 0 Å². The van der Waals surface area contributed by atoms with Crippen LogP contribution in [0.15, 0.2) is 42.5 Å². The van der Waals surface area contributed by atoms with Crippen LogP contribution in [0.25, 0.3) is 0 Å². The average Bonchev–Trinajstić information content (AvgIpc) is 2.56. The molecular formula is C18H25NO2. The molecule has 0 saturated carbocycles. The number of nitrogens with zero attached hydrogens (tertiary/aromatic N) is 1. The van der Waals surface area contributed by atoms with E-state index in [-0.39, 0.29) is 0 Å². The van der Waals surface area contributed by atoms with Crippen LogP contribution in [-0.4, -0.2) is 37.5 Å². The Morgan fingerprint density at radius 1 is 1.19 bits per heavy atom. The van der Waals surface area contributed by atoms with Gasteiger partial charge >= 0.3 is 0 Å². The molecular weight excluding hydrogens is 262 g/mol. The van der Waals surface area contributed by atoms with E-state index >= 15 is 0 Å². The summed E-state index contributed by atoms with van der Waals surface area (Å²) in [5.41, 5.74) is 1.38. The van der Waals surface area contributed by atoms with Crippen LogP contribution in [0.4, 0.5) is 0 Å². The summed E-state index contributed by atoms with van der Waals surface area (Å²) in [5.74, 6) is 0.609. The molecule has 1 aromatic carbocycles. The van der Waals surface area contributed by atoms with Gasteiger partial charge in [0.1, 0.15) is 6.79 Å². The highest BCUT2D eigenvalue weighted by Crippen LogP contribution is 2.40. The van der Waals surface area contributed by atoms with Gasteiger partial charge in [0, 0.05) is 25.2 Å². The van der Waals surface area contributed by atoms with Crippen molar-refractivity contribution in [3.63, 3.8) is 0 Å². The van der Waals surface area contributed by atoms with Gasteiger partial charge in [0.05, 0.1) is 6.61 Å². The Morgan fingerprint density at radius 2 is 2.00 bits per heavy atom. The number of hydrogen-bond donors (Lipinski definition) is 0. The van der Waals surface area contributed by atoms with Crippen molar-refractivity contribution in [2.75, 3.05) is 20.5 Å². The standard InChI is InChI=1S/C18H25NO2/c1-14(15-6-4-3-5-7-15)19-17-10-8-16(9-11-17)18(19)12-21-13-20-2/h3-8,10,14,16-18H,9,11-13H2,1-2H3/t14-,16+,17-,18-/m1/s1. The Balaban J connectivity index is 1.78. The van der Waals surface area contributed by atoms with Crippen molar-refractivity contribution >= 4 is 0 Å². The monoisotopic (exact) mass is 287 g/mol. The fraction of sp³-hybridized carbons (Fsp3) is 0.556. The highest BCUT2D eigenvalue weighted by molar-refractivity contribution is 5.22. The third-order valence-electron chi connectivity index (χ3n) is 4.86. The van der Waals surface area contributed by atoms with Crippen molar-refractivity contribution in [2.24, 2.45) is 5.92 Å². The molecule has 0 unspecified atom stereocenters. The molecule has 1 aromatic rings. The largest absolute Gasteiger partial charge is 0.359 e. The summed E-state index contributed by atoms with van der Waals surface area (Å²) in [7, 11) is 1.68. The van der Waals surface area contributed by atoms with Gasteiger partial charge in [0.2, 0.25) is 0 Å². The summed E-state index contributed by atoms with van der Waals surface area (Å²) in [6, 6.07) is 12.2. The first-order valence-corrected chi connectivity index (χ1v) is 7.88. The van der Waals surface area contributed by atoms with Gasteiger partial charge in [-0.05, 0) is 31.2 Å². The molecule has 3 nitrogen and oxygen atoms in total. The van der Waals surface area contributed by atoms with Crippen molar-refractivity contribution in [2.45, 2.75) is 37.9 Å². The Hall–Kier alpha value is -1.16. The number of ether oxygens (including phenoxy) is 2. The topological polar surface area (TPSA) is 21.7 Å². The van der Waals surface area contributed by atoms with E-state index in [9.17, 15) is 0 Å². The van der Waals surface area contributed by atoms with Crippen LogP contribution in [0.3, 0.4) is 0 Å². The van der Waals surface area contributed by atoms with Crippen molar-refractivity contribution in [1.82, 2.24) is 4.90 Å². The molecule has 21 heavy (non-hydrogen) atoms. The summed E-state index contributed by atoms with van der Waals surface area (Å²) in [6.07, 6.45) is 7.32.